The number of morpholine rings is 1. The summed E-state index contributed by atoms with van der Waals surface area (Å²) in [6.07, 6.45) is 0.412. The summed E-state index contributed by atoms with van der Waals surface area (Å²) >= 11 is 0. The smallest absolute Gasteiger partial charge is 0.256 e. The maximum Gasteiger partial charge on any atom is 0.256 e. The molecule has 0 spiro atoms. The summed E-state index contributed by atoms with van der Waals surface area (Å²) in [6.45, 7) is 2.03. The lowest BCUT2D eigenvalue weighted by Gasteiger charge is -2.32. The molecule has 2 rings (SSSR count). The van der Waals surface area contributed by atoms with Gasteiger partial charge in [-0.05, 0) is 32.1 Å². The lowest BCUT2D eigenvalue weighted by atomic mass is 10.1. The molecule has 1 N–H and O–H groups in total. The molecule has 1 saturated heterocycles. The molecule has 92 valence electrons. The maximum absolute atomic E-state index is 12.2. The van der Waals surface area contributed by atoms with E-state index in [0.717, 1.165) is 18.7 Å². The predicted octanol–water partition coefficient (Wildman–Crippen LogP) is 1.03. The number of benzene rings is 1. The molecular weight excluding hydrogens is 216 g/mol. The number of rotatable bonds is 4. The average molecular weight is 234 g/mol. The van der Waals surface area contributed by atoms with E-state index in [1.165, 1.54) is 0 Å². The SMILES string of the molecule is CNCCC1OCCN(c2ccccc2)C1=O. The van der Waals surface area contributed by atoms with E-state index in [0.29, 0.717) is 13.2 Å². The zero-order chi connectivity index (χ0) is 12.1. The summed E-state index contributed by atoms with van der Waals surface area (Å²) in [5.74, 6) is 0.0673. The lowest BCUT2D eigenvalue weighted by molar-refractivity contribution is -0.134. The number of nitrogens with zero attached hydrogens (tertiary/aromatic N) is 1. The highest BCUT2D eigenvalue weighted by atomic mass is 16.5. The Kier molecular flexibility index (Phi) is 4.12. The second-order valence-corrected chi connectivity index (χ2v) is 4.08. The monoisotopic (exact) mass is 234 g/mol. The largest absolute Gasteiger partial charge is 0.366 e. The maximum atomic E-state index is 12.2. The van der Waals surface area contributed by atoms with Crippen LogP contribution in [-0.2, 0) is 9.53 Å². The van der Waals surface area contributed by atoms with Gasteiger partial charge >= 0.3 is 0 Å². The molecule has 1 amide bonds. The molecule has 1 atom stereocenters. The number of hydrogen-bond acceptors (Lipinski definition) is 3. The molecule has 1 heterocycles. The van der Waals surface area contributed by atoms with Crippen molar-refractivity contribution in [3.63, 3.8) is 0 Å². The minimum absolute atomic E-state index is 0.0673. The van der Waals surface area contributed by atoms with Gasteiger partial charge in [-0.2, -0.15) is 0 Å². The van der Waals surface area contributed by atoms with Crippen molar-refractivity contribution in [1.29, 1.82) is 0 Å². The second-order valence-electron chi connectivity index (χ2n) is 4.08. The van der Waals surface area contributed by atoms with Gasteiger partial charge in [0.05, 0.1) is 6.61 Å². The van der Waals surface area contributed by atoms with Gasteiger partial charge in [0.1, 0.15) is 6.10 Å². The molecule has 4 heteroatoms. The van der Waals surface area contributed by atoms with Crippen LogP contribution in [0.15, 0.2) is 30.3 Å². The van der Waals surface area contributed by atoms with E-state index in [4.69, 9.17) is 4.74 Å². The van der Waals surface area contributed by atoms with Gasteiger partial charge in [0.25, 0.3) is 5.91 Å². The predicted molar refractivity (Wildman–Crippen MR) is 67.1 cm³/mol. The first-order valence-corrected chi connectivity index (χ1v) is 5.95. The van der Waals surface area contributed by atoms with E-state index in [1.807, 2.05) is 42.3 Å². The molecule has 17 heavy (non-hydrogen) atoms. The molecule has 4 nitrogen and oxygen atoms in total. The third-order valence-corrected chi connectivity index (χ3v) is 2.90. The van der Waals surface area contributed by atoms with Crippen LogP contribution in [0.4, 0.5) is 5.69 Å². The molecule has 1 aromatic rings. The quantitative estimate of drug-likeness (QED) is 0.846. The zero-order valence-electron chi connectivity index (χ0n) is 10.1. The molecule has 1 fully saturated rings. The van der Waals surface area contributed by atoms with Crippen molar-refractivity contribution in [2.24, 2.45) is 0 Å². The van der Waals surface area contributed by atoms with Gasteiger partial charge in [-0.1, -0.05) is 18.2 Å². The van der Waals surface area contributed by atoms with Crippen molar-refractivity contribution < 1.29 is 9.53 Å². The van der Waals surface area contributed by atoms with Crippen LogP contribution in [0.3, 0.4) is 0 Å². The molecule has 1 aliphatic heterocycles. The summed E-state index contributed by atoms with van der Waals surface area (Å²) in [5, 5.41) is 3.04. The highest BCUT2D eigenvalue weighted by molar-refractivity contribution is 5.97. The van der Waals surface area contributed by atoms with Crippen molar-refractivity contribution in [2.45, 2.75) is 12.5 Å². The Balaban J connectivity index is 2.06. The first-order valence-electron chi connectivity index (χ1n) is 5.95. The van der Waals surface area contributed by atoms with Crippen LogP contribution in [0.2, 0.25) is 0 Å². The van der Waals surface area contributed by atoms with Gasteiger partial charge in [-0.3, -0.25) is 4.79 Å². The summed E-state index contributed by atoms with van der Waals surface area (Å²) in [6, 6.07) is 9.75. The number of carbonyl (C=O) groups excluding carboxylic acids is 1. The van der Waals surface area contributed by atoms with Crippen LogP contribution < -0.4 is 10.2 Å². The van der Waals surface area contributed by atoms with E-state index in [2.05, 4.69) is 5.32 Å². The number of hydrogen-bond donors (Lipinski definition) is 1. The summed E-state index contributed by atoms with van der Waals surface area (Å²) in [4.78, 5) is 14.0. The summed E-state index contributed by atoms with van der Waals surface area (Å²) in [7, 11) is 1.88. The number of anilines is 1. The third kappa shape index (κ3) is 2.84. The first-order chi connectivity index (χ1) is 8.33. The van der Waals surface area contributed by atoms with Crippen molar-refractivity contribution in [2.75, 3.05) is 31.6 Å². The highest BCUT2D eigenvalue weighted by Gasteiger charge is 2.29. The summed E-state index contributed by atoms with van der Waals surface area (Å²) < 4.78 is 5.51. The molecule has 0 aromatic heterocycles. The van der Waals surface area contributed by atoms with Crippen LogP contribution in [-0.4, -0.2) is 38.8 Å². The van der Waals surface area contributed by atoms with E-state index < -0.39 is 0 Å². The number of amides is 1. The Hall–Kier alpha value is -1.39. The van der Waals surface area contributed by atoms with Crippen LogP contribution in [0.1, 0.15) is 6.42 Å². The number of para-hydroxylation sites is 1. The minimum Gasteiger partial charge on any atom is -0.366 e. The van der Waals surface area contributed by atoms with E-state index in [1.54, 1.807) is 0 Å². The average Bonchev–Trinajstić information content (AvgIpc) is 2.39. The van der Waals surface area contributed by atoms with Crippen molar-refractivity contribution in [3.8, 4) is 0 Å². The topological polar surface area (TPSA) is 41.6 Å². The Morgan fingerprint density at radius 3 is 2.88 bits per heavy atom. The number of carbonyl (C=O) groups is 1. The molecule has 0 radical (unpaired) electrons. The number of ether oxygens (including phenoxy) is 1. The van der Waals surface area contributed by atoms with Crippen LogP contribution in [0.5, 0.6) is 0 Å². The standard InChI is InChI=1S/C13H18N2O2/c1-14-8-7-12-13(16)15(9-10-17-12)11-5-3-2-4-6-11/h2-6,12,14H,7-10H2,1H3. The van der Waals surface area contributed by atoms with Gasteiger partial charge in [0.2, 0.25) is 0 Å². The molecule has 0 bridgehead atoms. The first kappa shape index (κ1) is 12.1. The Bertz CT molecular complexity index is 367. The van der Waals surface area contributed by atoms with Crippen molar-refractivity contribution in [3.05, 3.63) is 30.3 Å². The Morgan fingerprint density at radius 2 is 2.18 bits per heavy atom. The van der Waals surface area contributed by atoms with Gasteiger partial charge in [0.15, 0.2) is 0 Å². The Morgan fingerprint density at radius 1 is 1.41 bits per heavy atom. The van der Waals surface area contributed by atoms with Gasteiger partial charge in [-0.25, -0.2) is 0 Å². The fraction of sp³-hybridized carbons (Fsp3) is 0.462. The number of nitrogens with one attached hydrogen (secondary N) is 1. The zero-order valence-corrected chi connectivity index (χ0v) is 10.1. The van der Waals surface area contributed by atoms with E-state index >= 15 is 0 Å². The minimum atomic E-state index is -0.309. The van der Waals surface area contributed by atoms with Crippen molar-refractivity contribution in [1.82, 2.24) is 5.32 Å². The lowest BCUT2D eigenvalue weighted by Crippen LogP contribution is -2.48. The molecular formula is C13H18N2O2. The Labute approximate surface area is 102 Å². The van der Waals surface area contributed by atoms with Gasteiger partial charge < -0.3 is 15.0 Å². The van der Waals surface area contributed by atoms with Gasteiger partial charge in [0, 0.05) is 12.2 Å². The van der Waals surface area contributed by atoms with Crippen LogP contribution >= 0.6 is 0 Å². The summed E-state index contributed by atoms with van der Waals surface area (Å²) in [5.41, 5.74) is 0.954. The van der Waals surface area contributed by atoms with Gasteiger partial charge in [-0.15, -0.1) is 0 Å². The van der Waals surface area contributed by atoms with Crippen molar-refractivity contribution >= 4 is 11.6 Å². The van der Waals surface area contributed by atoms with Crippen LogP contribution in [0, 0.1) is 0 Å². The fourth-order valence-electron chi connectivity index (χ4n) is 1.99. The normalized spacial score (nSPS) is 20.6. The molecule has 0 aliphatic carbocycles. The van der Waals surface area contributed by atoms with E-state index in [-0.39, 0.29) is 12.0 Å². The highest BCUT2D eigenvalue weighted by Crippen LogP contribution is 2.19. The second kappa shape index (κ2) is 5.80. The van der Waals surface area contributed by atoms with E-state index in [9.17, 15) is 4.79 Å². The third-order valence-electron chi connectivity index (χ3n) is 2.90. The molecule has 0 saturated carbocycles. The molecule has 1 unspecified atom stereocenters. The van der Waals surface area contributed by atoms with Crippen LogP contribution in [0.25, 0.3) is 0 Å². The molecule has 1 aromatic carbocycles. The molecule has 1 aliphatic rings. The fourth-order valence-corrected chi connectivity index (χ4v) is 1.99.